The predicted octanol–water partition coefficient (Wildman–Crippen LogP) is 1.84. The largest absolute Gasteiger partial charge is 0.391 e. The molecular weight excluding hydrogens is 181 g/mol. The smallest absolute Gasteiger partial charge is 0.123 e. The first kappa shape index (κ1) is 11.1. The molecule has 0 heterocycles. The molecule has 1 aromatic rings. The highest BCUT2D eigenvalue weighted by Crippen LogP contribution is 2.19. The fourth-order valence-electron chi connectivity index (χ4n) is 1.30. The Bertz CT molecular complexity index is 284. The van der Waals surface area contributed by atoms with E-state index in [-0.39, 0.29) is 11.7 Å². The second-order valence-corrected chi connectivity index (χ2v) is 3.81. The molecule has 2 nitrogen and oxygen atoms in total. The summed E-state index contributed by atoms with van der Waals surface area (Å²) in [6, 6.07) is 5.46. The lowest BCUT2D eigenvalue weighted by Crippen LogP contribution is -2.30. The minimum atomic E-state index is -0.597. The van der Waals surface area contributed by atoms with Crippen LogP contribution >= 0.6 is 0 Å². The predicted molar refractivity (Wildman–Crippen MR) is 54.2 cm³/mol. The average Bonchev–Trinajstić information content (AvgIpc) is 2.16. The Kier molecular flexibility index (Phi) is 3.61. The Morgan fingerprint density at radius 3 is 2.14 bits per heavy atom. The van der Waals surface area contributed by atoms with Gasteiger partial charge in [-0.15, -0.1) is 0 Å². The zero-order valence-corrected chi connectivity index (χ0v) is 8.44. The van der Waals surface area contributed by atoms with Crippen molar-refractivity contribution in [3.05, 3.63) is 35.6 Å². The Morgan fingerprint density at radius 1 is 1.21 bits per heavy atom. The first-order valence-electron chi connectivity index (χ1n) is 4.71. The lowest BCUT2D eigenvalue weighted by Gasteiger charge is -2.22. The molecule has 0 radical (unpaired) electrons. The van der Waals surface area contributed by atoms with Crippen LogP contribution in [0.4, 0.5) is 4.39 Å². The van der Waals surface area contributed by atoms with E-state index in [0.29, 0.717) is 0 Å². The zero-order valence-electron chi connectivity index (χ0n) is 8.44. The van der Waals surface area contributed by atoms with Crippen molar-refractivity contribution >= 4 is 0 Å². The number of hydrogen-bond donors (Lipinski definition) is 2. The Morgan fingerprint density at radius 2 is 1.71 bits per heavy atom. The van der Waals surface area contributed by atoms with Gasteiger partial charge in [-0.1, -0.05) is 26.0 Å². The molecule has 0 aliphatic heterocycles. The fraction of sp³-hybridized carbons (Fsp3) is 0.455. The van der Waals surface area contributed by atoms with Crippen molar-refractivity contribution in [2.24, 2.45) is 11.7 Å². The molecule has 0 saturated heterocycles. The first-order chi connectivity index (χ1) is 6.52. The summed E-state index contributed by atoms with van der Waals surface area (Å²) in [5.74, 6) is -0.199. The molecule has 0 unspecified atom stereocenters. The molecule has 0 saturated carbocycles. The van der Waals surface area contributed by atoms with Crippen molar-refractivity contribution in [2.75, 3.05) is 0 Å². The molecule has 0 amide bonds. The van der Waals surface area contributed by atoms with Crippen LogP contribution < -0.4 is 5.73 Å². The van der Waals surface area contributed by atoms with Crippen LogP contribution in [0.25, 0.3) is 0 Å². The molecule has 14 heavy (non-hydrogen) atoms. The number of benzene rings is 1. The zero-order chi connectivity index (χ0) is 10.7. The van der Waals surface area contributed by atoms with Gasteiger partial charge < -0.3 is 10.8 Å². The van der Waals surface area contributed by atoms with E-state index in [9.17, 15) is 9.50 Å². The van der Waals surface area contributed by atoms with E-state index in [1.165, 1.54) is 12.1 Å². The van der Waals surface area contributed by atoms with E-state index < -0.39 is 12.1 Å². The topological polar surface area (TPSA) is 46.2 Å². The molecule has 3 N–H and O–H groups in total. The van der Waals surface area contributed by atoms with Crippen molar-refractivity contribution in [3.8, 4) is 0 Å². The summed E-state index contributed by atoms with van der Waals surface area (Å²) in [6.45, 7) is 3.79. The number of rotatable bonds is 3. The van der Waals surface area contributed by atoms with Gasteiger partial charge in [0.1, 0.15) is 5.82 Å². The Balaban J connectivity index is 2.78. The van der Waals surface area contributed by atoms with Crippen molar-refractivity contribution in [1.29, 1.82) is 0 Å². The highest BCUT2D eigenvalue weighted by Gasteiger charge is 2.19. The summed E-state index contributed by atoms with van der Waals surface area (Å²) in [4.78, 5) is 0. The maximum atomic E-state index is 12.6. The van der Waals surface area contributed by atoms with E-state index in [2.05, 4.69) is 0 Å². The number of halogens is 1. The number of hydrogen-bond acceptors (Lipinski definition) is 2. The third-order valence-electron chi connectivity index (χ3n) is 2.31. The number of aliphatic hydroxyl groups excluding tert-OH is 1. The molecule has 0 aliphatic rings. The molecule has 78 valence electrons. The van der Waals surface area contributed by atoms with Crippen molar-refractivity contribution < 1.29 is 9.50 Å². The van der Waals surface area contributed by atoms with E-state index in [1.54, 1.807) is 12.1 Å². The van der Waals surface area contributed by atoms with Crippen molar-refractivity contribution in [1.82, 2.24) is 0 Å². The van der Waals surface area contributed by atoms with Gasteiger partial charge in [0.05, 0.1) is 12.1 Å². The molecule has 3 heteroatoms. The van der Waals surface area contributed by atoms with Gasteiger partial charge in [0.25, 0.3) is 0 Å². The van der Waals surface area contributed by atoms with Crippen LogP contribution in [0.2, 0.25) is 0 Å². The van der Waals surface area contributed by atoms with Gasteiger partial charge >= 0.3 is 0 Å². The summed E-state index contributed by atoms with van der Waals surface area (Å²) in [6.07, 6.45) is -0.597. The van der Waals surface area contributed by atoms with Gasteiger partial charge in [-0.2, -0.15) is 0 Å². The SMILES string of the molecule is CC(C)[C@H](O)[C@H](N)c1ccc(F)cc1. The van der Waals surface area contributed by atoms with Gasteiger partial charge in [0, 0.05) is 0 Å². The molecule has 1 aromatic carbocycles. The van der Waals surface area contributed by atoms with Crippen LogP contribution in [0, 0.1) is 11.7 Å². The average molecular weight is 197 g/mol. The quantitative estimate of drug-likeness (QED) is 0.776. The molecular formula is C11H16FNO. The van der Waals surface area contributed by atoms with Crippen LogP contribution in [0.1, 0.15) is 25.5 Å². The van der Waals surface area contributed by atoms with Gasteiger partial charge in [-0.05, 0) is 23.6 Å². The molecule has 0 bridgehead atoms. The van der Waals surface area contributed by atoms with Crippen LogP contribution in [-0.2, 0) is 0 Å². The second kappa shape index (κ2) is 4.53. The minimum Gasteiger partial charge on any atom is -0.391 e. The number of aliphatic hydroxyl groups is 1. The van der Waals surface area contributed by atoms with E-state index in [0.717, 1.165) is 5.56 Å². The summed E-state index contributed by atoms with van der Waals surface area (Å²) in [5, 5.41) is 9.70. The van der Waals surface area contributed by atoms with Gasteiger partial charge in [-0.3, -0.25) is 0 Å². The maximum absolute atomic E-state index is 12.6. The van der Waals surface area contributed by atoms with E-state index in [1.807, 2.05) is 13.8 Å². The summed E-state index contributed by atoms with van der Waals surface area (Å²) in [5.41, 5.74) is 6.57. The minimum absolute atomic E-state index is 0.0926. The molecule has 0 aromatic heterocycles. The van der Waals surface area contributed by atoms with Crippen molar-refractivity contribution in [3.63, 3.8) is 0 Å². The lowest BCUT2D eigenvalue weighted by molar-refractivity contribution is 0.0979. The van der Waals surface area contributed by atoms with Gasteiger partial charge in [0.2, 0.25) is 0 Å². The number of nitrogens with two attached hydrogens (primary N) is 1. The summed E-state index contributed by atoms with van der Waals surface area (Å²) in [7, 11) is 0. The van der Waals surface area contributed by atoms with E-state index in [4.69, 9.17) is 5.73 Å². The van der Waals surface area contributed by atoms with Crippen molar-refractivity contribution in [2.45, 2.75) is 26.0 Å². The van der Waals surface area contributed by atoms with Gasteiger partial charge in [-0.25, -0.2) is 4.39 Å². The third kappa shape index (κ3) is 2.53. The van der Waals surface area contributed by atoms with E-state index >= 15 is 0 Å². The molecule has 0 aliphatic carbocycles. The standard InChI is InChI=1S/C11H16FNO/c1-7(2)11(14)10(13)8-3-5-9(12)6-4-8/h3-7,10-11,14H,13H2,1-2H3/t10-,11+/m1/s1. The Hall–Kier alpha value is -0.930. The molecule has 0 fully saturated rings. The normalized spacial score (nSPS) is 15.6. The second-order valence-electron chi connectivity index (χ2n) is 3.81. The lowest BCUT2D eigenvalue weighted by atomic mass is 9.94. The highest BCUT2D eigenvalue weighted by molar-refractivity contribution is 5.20. The fourth-order valence-corrected chi connectivity index (χ4v) is 1.30. The summed E-state index contributed by atoms with van der Waals surface area (Å²) >= 11 is 0. The monoisotopic (exact) mass is 197 g/mol. The Labute approximate surface area is 83.6 Å². The van der Waals surface area contributed by atoms with Crippen LogP contribution in [-0.4, -0.2) is 11.2 Å². The molecule has 1 rings (SSSR count). The van der Waals surface area contributed by atoms with Crippen LogP contribution in [0.5, 0.6) is 0 Å². The third-order valence-corrected chi connectivity index (χ3v) is 2.31. The maximum Gasteiger partial charge on any atom is 0.123 e. The van der Waals surface area contributed by atoms with Crippen LogP contribution in [0.15, 0.2) is 24.3 Å². The van der Waals surface area contributed by atoms with Crippen LogP contribution in [0.3, 0.4) is 0 Å². The first-order valence-corrected chi connectivity index (χ1v) is 4.71. The molecule has 0 spiro atoms. The summed E-state index contributed by atoms with van der Waals surface area (Å²) < 4.78 is 12.6. The highest BCUT2D eigenvalue weighted by atomic mass is 19.1. The molecule has 2 atom stereocenters. The van der Waals surface area contributed by atoms with Gasteiger partial charge in [0.15, 0.2) is 0 Å².